The molecule has 1 aliphatic rings. The predicted molar refractivity (Wildman–Crippen MR) is 78.0 cm³/mol. The molecule has 0 aliphatic carbocycles. The molecular weight excluding hydrogens is 254 g/mol. The Labute approximate surface area is 120 Å². The Balaban J connectivity index is 1.89. The van der Waals surface area contributed by atoms with Gasteiger partial charge in [-0.25, -0.2) is 5.84 Å². The molecule has 0 spiro atoms. The molecule has 0 aromatic heterocycles. The van der Waals surface area contributed by atoms with Crippen LogP contribution in [0.15, 0.2) is 24.3 Å². The average Bonchev–Trinajstić information content (AvgIpc) is 2.49. The van der Waals surface area contributed by atoms with Crippen LogP contribution in [0.4, 0.5) is 0 Å². The van der Waals surface area contributed by atoms with E-state index in [-0.39, 0.29) is 5.91 Å². The van der Waals surface area contributed by atoms with Crippen LogP contribution in [0.25, 0.3) is 0 Å². The van der Waals surface area contributed by atoms with Crippen LogP contribution >= 0.6 is 0 Å². The minimum absolute atomic E-state index is 0.248. The number of benzene rings is 1. The summed E-state index contributed by atoms with van der Waals surface area (Å²) in [5, 5.41) is 0. The molecule has 1 aliphatic heterocycles. The molecule has 3 N–H and O–H groups in total. The van der Waals surface area contributed by atoms with E-state index in [2.05, 4.69) is 10.3 Å². The fourth-order valence-corrected chi connectivity index (χ4v) is 2.62. The first-order valence-corrected chi connectivity index (χ1v) is 7.16. The highest BCUT2D eigenvalue weighted by Crippen LogP contribution is 2.16. The van der Waals surface area contributed by atoms with E-state index in [9.17, 15) is 4.79 Å². The standard InChI is InChI=1S/C15H23N3O2/c1-2-20-14-6-8-18(9-7-14)11-12-4-3-5-13(10-12)15(19)17-16/h3-5,10,14H,2,6-9,11,16H2,1H3,(H,17,19). The van der Waals surface area contributed by atoms with E-state index in [1.54, 1.807) is 6.07 Å². The highest BCUT2D eigenvalue weighted by molar-refractivity contribution is 5.93. The molecular formula is C15H23N3O2. The van der Waals surface area contributed by atoms with Crippen molar-refractivity contribution in [2.24, 2.45) is 5.84 Å². The van der Waals surface area contributed by atoms with Crippen molar-refractivity contribution >= 4 is 5.91 Å². The molecule has 1 heterocycles. The van der Waals surface area contributed by atoms with E-state index >= 15 is 0 Å². The summed E-state index contributed by atoms with van der Waals surface area (Å²) in [6.45, 7) is 5.78. The lowest BCUT2D eigenvalue weighted by Gasteiger charge is -2.31. The van der Waals surface area contributed by atoms with E-state index in [0.29, 0.717) is 11.7 Å². The van der Waals surface area contributed by atoms with Crippen LogP contribution in [0.5, 0.6) is 0 Å². The summed E-state index contributed by atoms with van der Waals surface area (Å²) in [6, 6.07) is 7.61. The van der Waals surface area contributed by atoms with Gasteiger partial charge in [0.15, 0.2) is 0 Å². The second kappa shape index (κ2) is 7.38. The number of ether oxygens (including phenoxy) is 1. The molecule has 0 saturated carbocycles. The van der Waals surface area contributed by atoms with Gasteiger partial charge in [0, 0.05) is 31.8 Å². The summed E-state index contributed by atoms with van der Waals surface area (Å²) < 4.78 is 5.65. The number of nitrogens with two attached hydrogens (primary N) is 1. The molecule has 5 heteroatoms. The van der Waals surface area contributed by atoms with Gasteiger partial charge in [-0.15, -0.1) is 0 Å². The Kier molecular flexibility index (Phi) is 5.52. The third-order valence-corrected chi connectivity index (χ3v) is 3.66. The van der Waals surface area contributed by atoms with Crippen LogP contribution < -0.4 is 11.3 Å². The van der Waals surface area contributed by atoms with E-state index in [1.165, 1.54) is 0 Å². The number of nitrogens with one attached hydrogen (secondary N) is 1. The summed E-state index contributed by atoms with van der Waals surface area (Å²) in [4.78, 5) is 13.9. The minimum atomic E-state index is -0.248. The van der Waals surface area contributed by atoms with Crippen molar-refractivity contribution in [1.82, 2.24) is 10.3 Å². The summed E-state index contributed by atoms with van der Waals surface area (Å²) in [6.07, 6.45) is 2.57. The topological polar surface area (TPSA) is 67.6 Å². The van der Waals surface area contributed by atoms with Gasteiger partial charge in [0.2, 0.25) is 0 Å². The molecule has 20 heavy (non-hydrogen) atoms. The Morgan fingerprint density at radius 2 is 2.20 bits per heavy atom. The maximum atomic E-state index is 11.5. The third kappa shape index (κ3) is 4.03. The Hall–Kier alpha value is -1.43. The van der Waals surface area contributed by atoms with Gasteiger partial charge in [0.05, 0.1) is 6.10 Å². The quantitative estimate of drug-likeness (QED) is 0.483. The first kappa shape index (κ1) is 15.0. The zero-order chi connectivity index (χ0) is 14.4. The van der Waals surface area contributed by atoms with Crippen molar-refractivity contribution in [3.63, 3.8) is 0 Å². The molecule has 2 rings (SSSR count). The van der Waals surface area contributed by atoms with Gasteiger partial charge in [0.25, 0.3) is 5.91 Å². The molecule has 110 valence electrons. The average molecular weight is 277 g/mol. The Morgan fingerprint density at radius 3 is 2.85 bits per heavy atom. The van der Waals surface area contributed by atoms with E-state index < -0.39 is 0 Å². The molecule has 1 amide bonds. The molecule has 0 unspecified atom stereocenters. The zero-order valence-electron chi connectivity index (χ0n) is 12.0. The molecule has 1 saturated heterocycles. The molecule has 1 aromatic carbocycles. The van der Waals surface area contributed by atoms with Crippen LogP contribution in [0.2, 0.25) is 0 Å². The number of hydrogen-bond donors (Lipinski definition) is 2. The van der Waals surface area contributed by atoms with Crippen molar-refractivity contribution in [3.05, 3.63) is 35.4 Å². The Bertz CT molecular complexity index is 442. The number of nitrogens with zero attached hydrogens (tertiary/aromatic N) is 1. The number of likely N-dealkylation sites (tertiary alicyclic amines) is 1. The van der Waals surface area contributed by atoms with Crippen LogP contribution in [0.1, 0.15) is 35.7 Å². The van der Waals surface area contributed by atoms with Crippen molar-refractivity contribution in [2.75, 3.05) is 19.7 Å². The SMILES string of the molecule is CCOC1CCN(Cc2cccc(C(=O)NN)c2)CC1. The highest BCUT2D eigenvalue weighted by atomic mass is 16.5. The molecule has 0 bridgehead atoms. The van der Waals surface area contributed by atoms with E-state index in [4.69, 9.17) is 10.6 Å². The second-order valence-corrected chi connectivity index (χ2v) is 5.10. The number of piperidine rings is 1. The van der Waals surface area contributed by atoms with Gasteiger partial charge in [-0.2, -0.15) is 0 Å². The normalized spacial score (nSPS) is 17.1. The lowest BCUT2D eigenvalue weighted by Crippen LogP contribution is -2.36. The molecule has 1 aromatic rings. The van der Waals surface area contributed by atoms with Gasteiger partial charge in [-0.1, -0.05) is 12.1 Å². The van der Waals surface area contributed by atoms with Crippen LogP contribution in [-0.2, 0) is 11.3 Å². The van der Waals surface area contributed by atoms with Crippen molar-refractivity contribution in [3.8, 4) is 0 Å². The van der Waals surface area contributed by atoms with Gasteiger partial charge < -0.3 is 4.74 Å². The molecule has 0 atom stereocenters. The van der Waals surface area contributed by atoms with Crippen molar-refractivity contribution in [1.29, 1.82) is 0 Å². The van der Waals surface area contributed by atoms with Gasteiger partial charge in [0.1, 0.15) is 0 Å². The van der Waals surface area contributed by atoms with Crippen LogP contribution in [0.3, 0.4) is 0 Å². The zero-order valence-corrected chi connectivity index (χ0v) is 12.0. The number of hydrogen-bond acceptors (Lipinski definition) is 4. The largest absolute Gasteiger partial charge is 0.378 e. The van der Waals surface area contributed by atoms with Crippen molar-refractivity contribution < 1.29 is 9.53 Å². The number of carbonyl (C=O) groups is 1. The smallest absolute Gasteiger partial charge is 0.265 e. The first-order chi connectivity index (χ1) is 9.72. The van der Waals surface area contributed by atoms with Crippen molar-refractivity contribution in [2.45, 2.75) is 32.4 Å². The van der Waals surface area contributed by atoms with Gasteiger partial charge in [-0.3, -0.25) is 15.1 Å². The Morgan fingerprint density at radius 1 is 1.45 bits per heavy atom. The fraction of sp³-hybridized carbons (Fsp3) is 0.533. The lowest BCUT2D eigenvalue weighted by atomic mass is 10.1. The van der Waals surface area contributed by atoms with E-state index in [1.807, 2.05) is 25.1 Å². The van der Waals surface area contributed by atoms with Gasteiger partial charge >= 0.3 is 0 Å². The maximum absolute atomic E-state index is 11.5. The van der Waals surface area contributed by atoms with Gasteiger partial charge in [-0.05, 0) is 37.5 Å². The lowest BCUT2D eigenvalue weighted by molar-refractivity contribution is 0.0125. The predicted octanol–water partition coefficient (Wildman–Crippen LogP) is 1.29. The highest BCUT2D eigenvalue weighted by Gasteiger charge is 2.19. The minimum Gasteiger partial charge on any atom is -0.378 e. The summed E-state index contributed by atoms with van der Waals surface area (Å²) in [7, 11) is 0. The number of carbonyl (C=O) groups excluding carboxylic acids is 1. The summed E-state index contributed by atoms with van der Waals surface area (Å²) >= 11 is 0. The summed E-state index contributed by atoms with van der Waals surface area (Å²) in [5.74, 6) is 4.91. The first-order valence-electron chi connectivity index (χ1n) is 7.16. The molecule has 1 fully saturated rings. The number of nitrogen functional groups attached to an aromatic ring is 1. The summed E-state index contributed by atoms with van der Waals surface area (Å²) in [5.41, 5.74) is 3.91. The molecule has 5 nitrogen and oxygen atoms in total. The number of rotatable bonds is 5. The monoisotopic (exact) mass is 277 g/mol. The second-order valence-electron chi connectivity index (χ2n) is 5.10. The molecule has 0 radical (unpaired) electrons. The number of hydrazine groups is 1. The van der Waals surface area contributed by atoms with Crippen LogP contribution in [0, 0.1) is 0 Å². The van der Waals surface area contributed by atoms with E-state index in [0.717, 1.165) is 44.6 Å². The number of amides is 1. The fourth-order valence-electron chi connectivity index (χ4n) is 2.62. The maximum Gasteiger partial charge on any atom is 0.265 e. The third-order valence-electron chi connectivity index (χ3n) is 3.66. The van der Waals surface area contributed by atoms with Crippen LogP contribution in [-0.4, -0.2) is 36.6 Å².